The van der Waals surface area contributed by atoms with Crippen molar-refractivity contribution in [3.63, 3.8) is 0 Å². The summed E-state index contributed by atoms with van der Waals surface area (Å²) in [7, 11) is 1.58. The highest BCUT2D eigenvalue weighted by Gasteiger charge is 2.68. The average molecular weight is 496 g/mol. The molecule has 2 saturated heterocycles. The lowest BCUT2D eigenvalue weighted by Crippen LogP contribution is -2.65. The van der Waals surface area contributed by atoms with Gasteiger partial charge < -0.3 is 14.4 Å². The van der Waals surface area contributed by atoms with E-state index >= 15 is 8.78 Å². The van der Waals surface area contributed by atoms with Gasteiger partial charge in [0.2, 0.25) is 0 Å². The molecule has 0 aromatic heterocycles. The summed E-state index contributed by atoms with van der Waals surface area (Å²) in [6, 6.07) is -3.34. The van der Waals surface area contributed by atoms with E-state index in [-0.39, 0.29) is 26.2 Å². The standard InChI is InChI=1S/C17H23F11N2O2/c1-13(15(21,22)11(18)16(23,24)25)8-31-7-10(32-9-13)14(19,20)12(17(26,27)28)30-5-3-29(2)4-6-30/h10-12H,3-9H2,1-2H3. The number of hydrogen-bond acceptors (Lipinski definition) is 4. The molecule has 4 unspecified atom stereocenters. The van der Waals surface area contributed by atoms with Crippen LogP contribution in [0.5, 0.6) is 0 Å². The first kappa shape index (κ1) is 27.3. The quantitative estimate of drug-likeness (QED) is 0.542. The molecule has 0 spiro atoms. The van der Waals surface area contributed by atoms with Crippen LogP contribution in [0, 0.1) is 5.41 Å². The number of likely N-dealkylation sites (N-methyl/N-ethyl adjacent to an activating group) is 1. The van der Waals surface area contributed by atoms with E-state index in [1.165, 1.54) is 0 Å². The predicted molar refractivity (Wildman–Crippen MR) is 88.4 cm³/mol. The van der Waals surface area contributed by atoms with Crippen molar-refractivity contribution in [3.05, 3.63) is 0 Å². The molecule has 2 fully saturated rings. The molecule has 4 nitrogen and oxygen atoms in total. The Balaban J connectivity index is 2.26. The molecule has 4 atom stereocenters. The maximum Gasteiger partial charge on any atom is 0.425 e. The molecule has 2 rings (SSSR count). The van der Waals surface area contributed by atoms with Gasteiger partial charge in [-0.3, -0.25) is 4.90 Å². The molecule has 0 radical (unpaired) electrons. The number of alkyl halides is 11. The Hall–Kier alpha value is -0.930. The maximum atomic E-state index is 15.0. The lowest BCUT2D eigenvalue weighted by atomic mass is 9.82. The molecule has 0 aromatic rings. The van der Waals surface area contributed by atoms with Crippen molar-refractivity contribution in [1.82, 2.24) is 9.80 Å². The highest BCUT2D eigenvalue weighted by atomic mass is 19.4. The van der Waals surface area contributed by atoms with Crippen LogP contribution in [-0.2, 0) is 9.47 Å². The van der Waals surface area contributed by atoms with Gasteiger partial charge in [-0.25, -0.2) is 22.0 Å². The summed E-state index contributed by atoms with van der Waals surface area (Å²) in [6.07, 6.45) is -18.8. The van der Waals surface area contributed by atoms with Crippen LogP contribution in [0.3, 0.4) is 0 Å². The van der Waals surface area contributed by atoms with Gasteiger partial charge in [0.1, 0.15) is 6.10 Å². The van der Waals surface area contributed by atoms with Gasteiger partial charge in [0.25, 0.3) is 18.0 Å². The van der Waals surface area contributed by atoms with Crippen LogP contribution in [0.25, 0.3) is 0 Å². The SMILES string of the molecule is CN1CCN(C(C(F)(F)F)C(F)(F)C2COCC(C)(C(F)(F)C(F)C(F)(F)F)CO2)CC1. The zero-order valence-corrected chi connectivity index (χ0v) is 17.1. The third-order valence-electron chi connectivity index (χ3n) is 5.71. The Morgan fingerprint density at radius 1 is 0.844 bits per heavy atom. The van der Waals surface area contributed by atoms with E-state index in [1.807, 2.05) is 0 Å². The van der Waals surface area contributed by atoms with Crippen LogP contribution in [0.15, 0.2) is 0 Å². The number of nitrogens with zero attached hydrogens (tertiary/aromatic N) is 2. The van der Waals surface area contributed by atoms with Gasteiger partial charge in [-0.15, -0.1) is 0 Å². The van der Waals surface area contributed by atoms with E-state index in [0.717, 1.165) is 0 Å². The van der Waals surface area contributed by atoms with Gasteiger partial charge in [-0.2, -0.15) is 26.3 Å². The van der Waals surface area contributed by atoms with Crippen molar-refractivity contribution in [2.24, 2.45) is 5.41 Å². The summed E-state index contributed by atoms with van der Waals surface area (Å²) in [4.78, 5) is 2.11. The van der Waals surface area contributed by atoms with Crippen molar-refractivity contribution < 1.29 is 57.8 Å². The van der Waals surface area contributed by atoms with Gasteiger partial charge >= 0.3 is 12.4 Å². The van der Waals surface area contributed by atoms with Crippen LogP contribution in [0.2, 0.25) is 0 Å². The molecule has 2 aliphatic heterocycles. The van der Waals surface area contributed by atoms with Crippen LogP contribution in [0.4, 0.5) is 48.3 Å². The largest absolute Gasteiger partial charge is 0.425 e. The smallest absolute Gasteiger partial charge is 0.378 e. The molecular weight excluding hydrogens is 473 g/mol. The van der Waals surface area contributed by atoms with E-state index in [9.17, 15) is 39.5 Å². The van der Waals surface area contributed by atoms with Crippen LogP contribution < -0.4 is 0 Å². The van der Waals surface area contributed by atoms with Crippen molar-refractivity contribution in [1.29, 1.82) is 0 Å². The van der Waals surface area contributed by atoms with E-state index in [2.05, 4.69) is 9.47 Å². The number of ether oxygens (including phenoxy) is 2. The first-order chi connectivity index (χ1) is 14.3. The Labute approximate surface area is 176 Å². The van der Waals surface area contributed by atoms with Gasteiger partial charge in [0, 0.05) is 26.2 Å². The predicted octanol–water partition coefficient (Wildman–Crippen LogP) is 3.76. The molecule has 0 saturated carbocycles. The monoisotopic (exact) mass is 496 g/mol. The Morgan fingerprint density at radius 3 is 1.84 bits per heavy atom. The zero-order chi connectivity index (χ0) is 24.8. The summed E-state index contributed by atoms with van der Waals surface area (Å²) < 4.78 is 159. The minimum Gasteiger partial charge on any atom is -0.378 e. The minimum atomic E-state index is -5.97. The van der Waals surface area contributed by atoms with E-state index in [1.54, 1.807) is 11.9 Å². The molecule has 0 N–H and O–H groups in total. The second-order valence-corrected chi connectivity index (χ2v) is 8.36. The van der Waals surface area contributed by atoms with Crippen molar-refractivity contribution >= 4 is 0 Å². The van der Waals surface area contributed by atoms with E-state index in [4.69, 9.17) is 0 Å². The topological polar surface area (TPSA) is 24.9 Å². The third-order valence-corrected chi connectivity index (χ3v) is 5.71. The number of piperazine rings is 1. The lowest BCUT2D eigenvalue weighted by molar-refractivity contribution is -0.292. The minimum absolute atomic E-state index is 0.0598. The summed E-state index contributed by atoms with van der Waals surface area (Å²) >= 11 is 0. The van der Waals surface area contributed by atoms with Crippen molar-refractivity contribution in [2.45, 2.75) is 49.4 Å². The molecule has 2 aliphatic rings. The molecule has 0 aromatic carbocycles. The first-order valence-electron chi connectivity index (χ1n) is 9.49. The molecule has 190 valence electrons. The number of halogens is 11. The highest BCUT2D eigenvalue weighted by Crippen LogP contribution is 2.48. The molecule has 0 amide bonds. The van der Waals surface area contributed by atoms with Crippen LogP contribution in [-0.4, -0.2) is 105 Å². The first-order valence-corrected chi connectivity index (χ1v) is 9.49. The number of hydrogen-bond donors (Lipinski definition) is 0. The fourth-order valence-corrected chi connectivity index (χ4v) is 3.62. The highest BCUT2D eigenvalue weighted by molar-refractivity contribution is 5.02. The molecule has 15 heteroatoms. The summed E-state index contributed by atoms with van der Waals surface area (Å²) in [6.45, 7) is -4.41. The van der Waals surface area contributed by atoms with Gasteiger partial charge in [-0.05, 0) is 14.0 Å². The second-order valence-electron chi connectivity index (χ2n) is 8.36. The van der Waals surface area contributed by atoms with Crippen molar-refractivity contribution in [2.75, 3.05) is 53.0 Å². The molecule has 32 heavy (non-hydrogen) atoms. The average Bonchev–Trinajstić information content (AvgIpc) is 2.84. The van der Waals surface area contributed by atoms with Gasteiger partial charge in [0.05, 0.1) is 25.2 Å². The molecule has 2 heterocycles. The van der Waals surface area contributed by atoms with Gasteiger partial charge in [0.15, 0.2) is 6.04 Å². The van der Waals surface area contributed by atoms with E-state index < -0.39 is 67.8 Å². The summed E-state index contributed by atoms with van der Waals surface area (Å²) in [5.41, 5.74) is -3.06. The Morgan fingerprint density at radius 2 is 1.38 bits per heavy atom. The third kappa shape index (κ3) is 5.41. The zero-order valence-electron chi connectivity index (χ0n) is 17.1. The Kier molecular flexibility index (Phi) is 7.70. The second kappa shape index (κ2) is 9.02. The molecule has 0 aliphatic carbocycles. The molecule has 0 bridgehead atoms. The summed E-state index contributed by atoms with van der Waals surface area (Å²) in [5.74, 6) is -9.86. The fraction of sp³-hybridized carbons (Fsp3) is 1.00. The normalized spacial score (nSPS) is 30.1. The Bertz CT molecular complexity index is 635. The number of rotatable bonds is 5. The summed E-state index contributed by atoms with van der Waals surface area (Å²) in [5, 5.41) is 0. The van der Waals surface area contributed by atoms with Gasteiger partial charge in [-0.1, -0.05) is 0 Å². The van der Waals surface area contributed by atoms with Crippen molar-refractivity contribution in [3.8, 4) is 0 Å². The van der Waals surface area contributed by atoms with Crippen LogP contribution >= 0.6 is 0 Å². The fourth-order valence-electron chi connectivity index (χ4n) is 3.62. The molecular formula is C17H23F11N2O2. The van der Waals surface area contributed by atoms with Crippen LogP contribution in [0.1, 0.15) is 6.92 Å². The van der Waals surface area contributed by atoms with E-state index in [0.29, 0.717) is 11.8 Å². The maximum absolute atomic E-state index is 15.0. The lowest BCUT2D eigenvalue weighted by Gasteiger charge is -2.43.